The van der Waals surface area contributed by atoms with Gasteiger partial charge in [-0.25, -0.2) is 0 Å². The van der Waals surface area contributed by atoms with Crippen LogP contribution in [0.2, 0.25) is 0 Å². The van der Waals surface area contributed by atoms with Crippen LogP contribution in [0.25, 0.3) is 11.1 Å². The third-order valence-electron chi connectivity index (χ3n) is 3.65. The van der Waals surface area contributed by atoms with Crippen LogP contribution in [0, 0.1) is 0 Å². The highest BCUT2D eigenvalue weighted by Gasteiger charge is 2.38. The van der Waals surface area contributed by atoms with Crippen LogP contribution in [-0.2, 0) is 4.79 Å². The minimum absolute atomic E-state index is 0.227. The molecule has 2 N–H and O–H groups in total. The Labute approximate surface area is 125 Å². The lowest BCUT2D eigenvalue weighted by Gasteiger charge is -2.25. The summed E-state index contributed by atoms with van der Waals surface area (Å²) in [6.45, 7) is -1.36. The minimum atomic E-state index is -4.50. The second-order valence-electron chi connectivity index (χ2n) is 5.12. The Bertz CT molecular complexity index is 727. The van der Waals surface area contributed by atoms with Crippen molar-refractivity contribution >= 4 is 11.6 Å². The molecule has 0 bridgehead atoms. The van der Waals surface area contributed by atoms with E-state index in [1.54, 1.807) is 42.5 Å². The smallest absolute Gasteiger partial charge is 0.316 e. The van der Waals surface area contributed by atoms with Gasteiger partial charge in [-0.15, -0.1) is 0 Å². The molecule has 0 aromatic heterocycles. The van der Waals surface area contributed by atoms with Crippen molar-refractivity contribution in [3.63, 3.8) is 0 Å². The van der Waals surface area contributed by atoms with E-state index < -0.39 is 24.7 Å². The van der Waals surface area contributed by atoms with E-state index in [4.69, 9.17) is 5.73 Å². The summed E-state index contributed by atoms with van der Waals surface area (Å²) in [7, 11) is 0. The van der Waals surface area contributed by atoms with Gasteiger partial charge in [-0.1, -0.05) is 42.5 Å². The van der Waals surface area contributed by atoms with Crippen molar-refractivity contribution in [2.45, 2.75) is 12.2 Å². The Balaban J connectivity index is 2.23. The van der Waals surface area contributed by atoms with Crippen molar-refractivity contribution in [3.05, 3.63) is 54.1 Å². The first-order valence-corrected chi connectivity index (χ1v) is 6.70. The van der Waals surface area contributed by atoms with Gasteiger partial charge < -0.3 is 10.6 Å². The zero-order chi connectivity index (χ0) is 15.9. The lowest BCUT2D eigenvalue weighted by molar-refractivity contribution is -0.133. The SMILES string of the molecule is N[C@H]1C(=O)N(CC(F)(F)F)c2ccccc2-c2ccccc21. The van der Waals surface area contributed by atoms with E-state index >= 15 is 0 Å². The number of hydrogen-bond donors (Lipinski definition) is 1. The predicted octanol–water partition coefficient (Wildman–Crippen LogP) is 3.26. The number of alkyl halides is 3. The molecule has 1 aliphatic heterocycles. The second-order valence-corrected chi connectivity index (χ2v) is 5.12. The summed E-state index contributed by atoms with van der Waals surface area (Å²) in [6.07, 6.45) is -4.50. The van der Waals surface area contributed by atoms with Crippen LogP contribution in [0.15, 0.2) is 48.5 Å². The standard InChI is InChI=1S/C16H13F3N2O/c17-16(18,19)9-21-13-8-4-3-6-11(13)10-5-1-2-7-12(10)14(20)15(21)22/h1-8,14H,9,20H2/t14-/m1/s1. The van der Waals surface area contributed by atoms with E-state index in [9.17, 15) is 18.0 Å². The van der Waals surface area contributed by atoms with E-state index in [0.717, 1.165) is 4.90 Å². The number of halogens is 3. The highest BCUT2D eigenvalue weighted by atomic mass is 19.4. The topological polar surface area (TPSA) is 46.3 Å². The van der Waals surface area contributed by atoms with E-state index in [1.807, 2.05) is 0 Å². The lowest BCUT2D eigenvalue weighted by Crippen LogP contribution is -2.43. The summed E-state index contributed by atoms with van der Waals surface area (Å²) in [4.78, 5) is 13.2. The summed E-state index contributed by atoms with van der Waals surface area (Å²) in [5, 5.41) is 0. The molecule has 0 radical (unpaired) electrons. The van der Waals surface area contributed by atoms with E-state index in [-0.39, 0.29) is 5.69 Å². The molecule has 2 aromatic rings. The number of fused-ring (bicyclic) bond motifs is 3. The first-order chi connectivity index (χ1) is 10.4. The van der Waals surface area contributed by atoms with Gasteiger partial charge in [0.15, 0.2) is 0 Å². The molecule has 0 aliphatic carbocycles. The molecule has 3 rings (SSSR count). The number of nitrogens with zero attached hydrogens (tertiary/aromatic N) is 1. The molecule has 22 heavy (non-hydrogen) atoms. The molecule has 1 amide bonds. The summed E-state index contributed by atoms with van der Waals surface area (Å²) in [5.41, 5.74) is 7.94. The molecule has 3 nitrogen and oxygen atoms in total. The zero-order valence-electron chi connectivity index (χ0n) is 11.5. The highest BCUT2D eigenvalue weighted by molar-refractivity contribution is 6.04. The number of rotatable bonds is 1. The van der Waals surface area contributed by atoms with Crippen molar-refractivity contribution in [3.8, 4) is 11.1 Å². The van der Waals surface area contributed by atoms with Crippen LogP contribution < -0.4 is 10.6 Å². The van der Waals surface area contributed by atoms with Gasteiger partial charge in [0.05, 0.1) is 5.69 Å². The molecular formula is C16H13F3N2O. The molecule has 2 aromatic carbocycles. The Morgan fingerprint density at radius 3 is 2.27 bits per heavy atom. The highest BCUT2D eigenvalue weighted by Crippen LogP contribution is 2.40. The molecule has 1 atom stereocenters. The quantitative estimate of drug-likeness (QED) is 0.879. The van der Waals surface area contributed by atoms with Crippen molar-refractivity contribution in [2.75, 3.05) is 11.4 Å². The van der Waals surface area contributed by atoms with Gasteiger partial charge >= 0.3 is 6.18 Å². The van der Waals surface area contributed by atoms with E-state index in [1.165, 1.54) is 6.07 Å². The number of para-hydroxylation sites is 1. The maximum Gasteiger partial charge on any atom is 0.406 e. The number of carbonyl (C=O) groups is 1. The average molecular weight is 306 g/mol. The number of hydrogen-bond acceptors (Lipinski definition) is 2. The van der Waals surface area contributed by atoms with Crippen molar-refractivity contribution in [2.24, 2.45) is 5.73 Å². The maximum absolute atomic E-state index is 12.9. The van der Waals surface area contributed by atoms with Crippen LogP contribution in [0.5, 0.6) is 0 Å². The van der Waals surface area contributed by atoms with Crippen molar-refractivity contribution in [1.82, 2.24) is 0 Å². The molecule has 0 fully saturated rings. The van der Waals surface area contributed by atoms with Gasteiger partial charge in [-0.05, 0) is 17.2 Å². The van der Waals surface area contributed by atoms with Gasteiger partial charge in [-0.2, -0.15) is 13.2 Å². The number of nitrogens with two attached hydrogens (primary N) is 1. The van der Waals surface area contributed by atoms with Crippen LogP contribution in [0.4, 0.5) is 18.9 Å². The first kappa shape index (κ1) is 14.6. The van der Waals surface area contributed by atoms with Gasteiger partial charge in [0, 0.05) is 5.56 Å². The van der Waals surface area contributed by atoms with Gasteiger partial charge in [0.2, 0.25) is 5.91 Å². The number of amides is 1. The monoisotopic (exact) mass is 306 g/mol. The number of benzene rings is 2. The Morgan fingerprint density at radius 2 is 1.59 bits per heavy atom. The average Bonchev–Trinajstić information content (AvgIpc) is 2.57. The third-order valence-corrected chi connectivity index (χ3v) is 3.65. The predicted molar refractivity (Wildman–Crippen MR) is 77.2 cm³/mol. The van der Waals surface area contributed by atoms with Crippen LogP contribution in [0.1, 0.15) is 11.6 Å². The number of anilines is 1. The Morgan fingerprint density at radius 1 is 1.00 bits per heavy atom. The van der Waals surface area contributed by atoms with Crippen LogP contribution in [0.3, 0.4) is 0 Å². The van der Waals surface area contributed by atoms with Gasteiger partial charge in [0.1, 0.15) is 12.6 Å². The summed E-state index contributed by atoms with van der Waals surface area (Å²) in [5.74, 6) is -0.755. The van der Waals surface area contributed by atoms with Crippen molar-refractivity contribution < 1.29 is 18.0 Å². The summed E-state index contributed by atoms with van der Waals surface area (Å²) < 4.78 is 38.6. The summed E-state index contributed by atoms with van der Waals surface area (Å²) >= 11 is 0. The molecule has 0 unspecified atom stereocenters. The molecule has 0 saturated carbocycles. The second kappa shape index (κ2) is 5.14. The minimum Gasteiger partial charge on any atom is -0.316 e. The third kappa shape index (κ3) is 2.46. The molecule has 1 heterocycles. The molecule has 114 valence electrons. The van der Waals surface area contributed by atoms with Crippen LogP contribution in [-0.4, -0.2) is 18.6 Å². The fourth-order valence-electron chi connectivity index (χ4n) is 2.71. The van der Waals surface area contributed by atoms with Gasteiger partial charge in [0.25, 0.3) is 0 Å². The fourth-order valence-corrected chi connectivity index (χ4v) is 2.71. The summed E-state index contributed by atoms with van der Waals surface area (Å²) in [6, 6.07) is 12.3. The molecular weight excluding hydrogens is 293 g/mol. The first-order valence-electron chi connectivity index (χ1n) is 6.70. The van der Waals surface area contributed by atoms with Crippen molar-refractivity contribution in [1.29, 1.82) is 0 Å². The fraction of sp³-hybridized carbons (Fsp3) is 0.188. The zero-order valence-corrected chi connectivity index (χ0v) is 11.5. The molecule has 1 aliphatic rings. The largest absolute Gasteiger partial charge is 0.406 e. The van der Waals surface area contributed by atoms with Gasteiger partial charge in [-0.3, -0.25) is 4.79 Å². The van der Waals surface area contributed by atoms with E-state index in [0.29, 0.717) is 16.7 Å². The molecule has 0 spiro atoms. The maximum atomic E-state index is 12.9. The Hall–Kier alpha value is -2.34. The van der Waals surface area contributed by atoms with Crippen LogP contribution >= 0.6 is 0 Å². The number of carbonyl (C=O) groups excluding carboxylic acids is 1. The Kier molecular flexibility index (Phi) is 3.41. The molecule has 6 heteroatoms. The molecule has 0 saturated heterocycles. The van der Waals surface area contributed by atoms with E-state index in [2.05, 4.69) is 0 Å². The normalized spacial score (nSPS) is 17.7. The lowest BCUT2D eigenvalue weighted by atomic mass is 9.96.